The van der Waals surface area contributed by atoms with E-state index in [4.69, 9.17) is 14.0 Å². The molecule has 9 nitrogen and oxygen atoms in total. The van der Waals surface area contributed by atoms with Crippen molar-refractivity contribution in [2.24, 2.45) is 0 Å². The molecule has 0 spiro atoms. The Kier molecular flexibility index (Phi) is 3.68. The molecule has 0 amide bonds. The second kappa shape index (κ2) is 6.03. The van der Waals surface area contributed by atoms with E-state index in [0.717, 1.165) is 0 Å². The molecule has 2 aromatic heterocycles. The fourth-order valence-electron chi connectivity index (χ4n) is 2.67. The SMILES string of the molecule is Cc1ccn(Cc2noc(-c3ccc4c(c3)OCO4)n2)c(=O)c1C(=O)O. The summed E-state index contributed by atoms with van der Waals surface area (Å²) in [7, 11) is 0. The van der Waals surface area contributed by atoms with Crippen molar-refractivity contribution in [3.8, 4) is 23.0 Å². The molecule has 1 N–H and O–H groups in total. The number of nitrogens with zero attached hydrogens (tertiary/aromatic N) is 3. The number of carboxylic acid groups (broad SMARTS) is 1. The average molecular weight is 355 g/mol. The molecule has 0 unspecified atom stereocenters. The molecule has 9 heteroatoms. The summed E-state index contributed by atoms with van der Waals surface area (Å²) in [6.45, 7) is 1.73. The second-order valence-electron chi connectivity index (χ2n) is 5.70. The van der Waals surface area contributed by atoms with Crippen LogP contribution in [0, 0.1) is 6.92 Å². The van der Waals surface area contributed by atoms with Crippen LogP contribution in [0.25, 0.3) is 11.5 Å². The summed E-state index contributed by atoms with van der Waals surface area (Å²) in [5, 5.41) is 13.0. The lowest BCUT2D eigenvalue weighted by Gasteiger charge is -2.05. The van der Waals surface area contributed by atoms with Crippen LogP contribution in [-0.2, 0) is 6.54 Å². The maximum atomic E-state index is 12.3. The maximum Gasteiger partial charge on any atom is 0.341 e. The lowest BCUT2D eigenvalue weighted by atomic mass is 10.1. The van der Waals surface area contributed by atoms with Gasteiger partial charge in [-0.2, -0.15) is 4.98 Å². The lowest BCUT2D eigenvalue weighted by molar-refractivity contribution is 0.0693. The monoisotopic (exact) mass is 355 g/mol. The van der Waals surface area contributed by atoms with Gasteiger partial charge >= 0.3 is 5.97 Å². The zero-order valence-electron chi connectivity index (χ0n) is 13.6. The topological polar surface area (TPSA) is 117 Å². The highest BCUT2D eigenvalue weighted by molar-refractivity contribution is 5.88. The molecule has 1 aliphatic heterocycles. The van der Waals surface area contributed by atoms with Gasteiger partial charge in [0.2, 0.25) is 6.79 Å². The van der Waals surface area contributed by atoms with Crippen molar-refractivity contribution in [3.05, 3.63) is 57.8 Å². The number of pyridine rings is 1. The third-order valence-corrected chi connectivity index (χ3v) is 3.99. The van der Waals surface area contributed by atoms with E-state index in [-0.39, 0.29) is 30.6 Å². The van der Waals surface area contributed by atoms with Gasteiger partial charge in [0.05, 0.1) is 6.54 Å². The van der Waals surface area contributed by atoms with Crippen molar-refractivity contribution in [1.82, 2.24) is 14.7 Å². The standard InChI is InChI=1S/C17H13N3O6/c1-9-4-5-20(16(21)14(9)17(22)23)7-13-18-15(26-19-13)10-2-3-11-12(6-10)25-8-24-11/h2-6H,7-8H2,1H3,(H,22,23). The zero-order chi connectivity index (χ0) is 18.3. The fraction of sp³-hybridized carbons (Fsp3) is 0.176. The smallest absolute Gasteiger partial charge is 0.341 e. The highest BCUT2D eigenvalue weighted by Gasteiger charge is 2.18. The molecular formula is C17H13N3O6. The molecule has 3 aromatic rings. The number of ether oxygens (including phenoxy) is 2. The van der Waals surface area contributed by atoms with Crippen molar-refractivity contribution in [2.75, 3.05) is 6.79 Å². The first kappa shape index (κ1) is 15.9. The van der Waals surface area contributed by atoms with E-state index in [0.29, 0.717) is 22.6 Å². The predicted octanol–water partition coefficient (Wildman–Crippen LogP) is 1.68. The van der Waals surface area contributed by atoms with Gasteiger partial charge in [-0.15, -0.1) is 0 Å². The Labute approximate surface area is 146 Å². The Bertz CT molecular complexity index is 1070. The highest BCUT2D eigenvalue weighted by atomic mass is 16.7. The van der Waals surface area contributed by atoms with Crippen LogP contribution < -0.4 is 15.0 Å². The van der Waals surface area contributed by atoms with Crippen LogP contribution in [-0.4, -0.2) is 32.6 Å². The Balaban J connectivity index is 1.63. The first-order chi connectivity index (χ1) is 12.5. The minimum absolute atomic E-state index is 0.00650. The third kappa shape index (κ3) is 2.69. The van der Waals surface area contributed by atoms with E-state index in [1.165, 1.54) is 10.8 Å². The quantitative estimate of drug-likeness (QED) is 0.751. The van der Waals surface area contributed by atoms with E-state index in [1.807, 2.05) is 0 Å². The van der Waals surface area contributed by atoms with Crippen LogP contribution in [0.5, 0.6) is 11.5 Å². The van der Waals surface area contributed by atoms with Gasteiger partial charge in [-0.1, -0.05) is 5.16 Å². The molecule has 0 saturated heterocycles. The summed E-state index contributed by atoms with van der Waals surface area (Å²) >= 11 is 0. The molecule has 26 heavy (non-hydrogen) atoms. The number of fused-ring (bicyclic) bond motifs is 1. The predicted molar refractivity (Wildman–Crippen MR) is 87.4 cm³/mol. The van der Waals surface area contributed by atoms with E-state index >= 15 is 0 Å². The molecule has 1 aliphatic rings. The number of carboxylic acids is 1. The molecule has 0 radical (unpaired) electrons. The van der Waals surface area contributed by atoms with Gasteiger partial charge in [0.15, 0.2) is 17.3 Å². The summed E-state index contributed by atoms with van der Waals surface area (Å²) in [5.41, 5.74) is 0.155. The number of aryl methyl sites for hydroxylation is 1. The lowest BCUT2D eigenvalue weighted by Crippen LogP contribution is -2.27. The number of aromatic carboxylic acids is 1. The number of benzene rings is 1. The largest absolute Gasteiger partial charge is 0.477 e. The number of hydrogen-bond acceptors (Lipinski definition) is 7. The van der Waals surface area contributed by atoms with Crippen LogP contribution in [0.4, 0.5) is 0 Å². The summed E-state index contributed by atoms with van der Waals surface area (Å²) < 4.78 is 17.0. The molecule has 132 valence electrons. The zero-order valence-corrected chi connectivity index (χ0v) is 13.6. The minimum Gasteiger partial charge on any atom is -0.477 e. The van der Waals surface area contributed by atoms with Crippen LogP contribution >= 0.6 is 0 Å². The molecule has 0 fully saturated rings. The van der Waals surface area contributed by atoms with Gasteiger partial charge < -0.3 is 23.7 Å². The summed E-state index contributed by atoms with van der Waals surface area (Å²) in [6, 6.07) is 6.78. The number of rotatable bonds is 4. The van der Waals surface area contributed by atoms with E-state index in [9.17, 15) is 14.7 Å². The molecule has 1 aromatic carbocycles. The average Bonchev–Trinajstić information content (AvgIpc) is 3.25. The number of aromatic nitrogens is 3. The van der Waals surface area contributed by atoms with Gasteiger partial charge in [0.1, 0.15) is 5.56 Å². The fourth-order valence-corrected chi connectivity index (χ4v) is 2.67. The van der Waals surface area contributed by atoms with Crippen molar-refractivity contribution >= 4 is 5.97 Å². The molecule has 0 bridgehead atoms. The van der Waals surface area contributed by atoms with Crippen LogP contribution in [0.15, 0.2) is 39.8 Å². The van der Waals surface area contributed by atoms with Crippen LogP contribution in [0.3, 0.4) is 0 Å². The van der Waals surface area contributed by atoms with Crippen LogP contribution in [0.1, 0.15) is 21.7 Å². The van der Waals surface area contributed by atoms with Gasteiger partial charge in [0, 0.05) is 11.8 Å². The minimum atomic E-state index is -1.27. The van der Waals surface area contributed by atoms with Crippen LogP contribution in [0.2, 0.25) is 0 Å². The Hall–Kier alpha value is -3.62. The Morgan fingerprint density at radius 1 is 1.27 bits per heavy atom. The molecule has 4 rings (SSSR count). The molecule has 0 saturated carbocycles. The van der Waals surface area contributed by atoms with Crippen molar-refractivity contribution in [2.45, 2.75) is 13.5 Å². The Morgan fingerprint density at radius 2 is 2.08 bits per heavy atom. The first-order valence-corrected chi connectivity index (χ1v) is 7.69. The second-order valence-corrected chi connectivity index (χ2v) is 5.70. The van der Waals surface area contributed by atoms with Crippen molar-refractivity contribution in [3.63, 3.8) is 0 Å². The number of hydrogen-bond donors (Lipinski definition) is 1. The third-order valence-electron chi connectivity index (χ3n) is 3.99. The normalized spacial score (nSPS) is 12.3. The molecule has 3 heterocycles. The maximum absolute atomic E-state index is 12.3. The van der Waals surface area contributed by atoms with E-state index in [2.05, 4.69) is 10.1 Å². The van der Waals surface area contributed by atoms with Gasteiger partial charge in [-0.05, 0) is 36.8 Å². The summed E-state index contributed by atoms with van der Waals surface area (Å²) in [6.07, 6.45) is 1.50. The van der Waals surface area contributed by atoms with Gasteiger partial charge in [0.25, 0.3) is 11.4 Å². The molecule has 0 aliphatic carbocycles. The molecular weight excluding hydrogens is 342 g/mol. The van der Waals surface area contributed by atoms with Crippen molar-refractivity contribution < 1.29 is 23.9 Å². The Morgan fingerprint density at radius 3 is 2.88 bits per heavy atom. The summed E-state index contributed by atoms with van der Waals surface area (Å²) in [5.74, 6) is 0.469. The summed E-state index contributed by atoms with van der Waals surface area (Å²) in [4.78, 5) is 27.8. The highest BCUT2D eigenvalue weighted by Crippen LogP contribution is 2.35. The van der Waals surface area contributed by atoms with Gasteiger partial charge in [-0.3, -0.25) is 4.79 Å². The number of carbonyl (C=O) groups is 1. The van der Waals surface area contributed by atoms with Crippen molar-refractivity contribution in [1.29, 1.82) is 0 Å². The van der Waals surface area contributed by atoms with Gasteiger partial charge in [-0.25, -0.2) is 4.79 Å². The molecule has 0 atom stereocenters. The first-order valence-electron chi connectivity index (χ1n) is 7.69. The van der Waals surface area contributed by atoms with E-state index in [1.54, 1.807) is 31.2 Å². The van der Waals surface area contributed by atoms with E-state index < -0.39 is 11.5 Å².